The van der Waals surface area contributed by atoms with Gasteiger partial charge >= 0.3 is 5.97 Å². The molecule has 1 rings (SSSR count). The number of ether oxygens (including phenoxy) is 1. The van der Waals surface area contributed by atoms with E-state index in [1.54, 1.807) is 0 Å². The second-order valence-electron chi connectivity index (χ2n) is 4.60. The fraction of sp³-hybridized carbons (Fsp3) is 0.533. The van der Waals surface area contributed by atoms with E-state index in [0.717, 1.165) is 18.4 Å². The summed E-state index contributed by atoms with van der Waals surface area (Å²) in [5, 5.41) is 0. The molecule has 0 saturated carbocycles. The Labute approximate surface area is 104 Å². The van der Waals surface area contributed by atoms with Crippen molar-refractivity contribution in [2.45, 2.75) is 53.1 Å². The summed E-state index contributed by atoms with van der Waals surface area (Å²) in [5.74, 6) is -0.0978. The zero-order valence-corrected chi connectivity index (χ0v) is 11.2. The maximum Gasteiger partial charge on any atom is 0.306 e. The maximum absolute atomic E-state index is 11.5. The highest BCUT2D eigenvalue weighted by atomic mass is 16.5. The third-order valence-corrected chi connectivity index (χ3v) is 2.91. The van der Waals surface area contributed by atoms with Crippen molar-refractivity contribution in [1.29, 1.82) is 0 Å². The fourth-order valence-electron chi connectivity index (χ4n) is 1.92. The van der Waals surface area contributed by atoms with Gasteiger partial charge in [0.1, 0.15) is 6.10 Å². The molecule has 94 valence electrons. The highest BCUT2D eigenvalue weighted by molar-refractivity contribution is 5.69. The summed E-state index contributed by atoms with van der Waals surface area (Å²) < 4.78 is 5.42. The molecule has 0 unspecified atom stereocenters. The Hall–Kier alpha value is -1.31. The molecule has 0 saturated heterocycles. The Bertz CT molecular complexity index is 383. The molecule has 1 atom stereocenters. The van der Waals surface area contributed by atoms with E-state index in [2.05, 4.69) is 32.9 Å². The standard InChI is InChI=1S/C15H22O2/c1-5-6-7-15(16)17-13(4)14-9-8-11(2)10-12(14)3/h8-10,13H,5-7H2,1-4H3/t13-/m1/s1. The van der Waals surface area contributed by atoms with E-state index < -0.39 is 0 Å². The van der Waals surface area contributed by atoms with Gasteiger partial charge in [-0.15, -0.1) is 0 Å². The number of hydrogen-bond donors (Lipinski definition) is 0. The van der Waals surface area contributed by atoms with Gasteiger partial charge in [0.25, 0.3) is 0 Å². The van der Waals surface area contributed by atoms with Crippen molar-refractivity contribution < 1.29 is 9.53 Å². The van der Waals surface area contributed by atoms with Crippen LogP contribution in [-0.2, 0) is 9.53 Å². The molecule has 1 aromatic rings. The molecule has 17 heavy (non-hydrogen) atoms. The second kappa shape index (κ2) is 6.43. The van der Waals surface area contributed by atoms with Crippen molar-refractivity contribution in [3.63, 3.8) is 0 Å². The summed E-state index contributed by atoms with van der Waals surface area (Å²) in [6.07, 6.45) is 2.29. The van der Waals surface area contributed by atoms with Crippen molar-refractivity contribution in [2.24, 2.45) is 0 Å². The average molecular weight is 234 g/mol. The van der Waals surface area contributed by atoms with Crippen LogP contribution in [-0.4, -0.2) is 5.97 Å². The van der Waals surface area contributed by atoms with Gasteiger partial charge in [-0.25, -0.2) is 0 Å². The molecule has 0 fully saturated rings. The predicted molar refractivity (Wildman–Crippen MR) is 69.9 cm³/mol. The lowest BCUT2D eigenvalue weighted by Gasteiger charge is -2.16. The normalized spacial score (nSPS) is 12.2. The van der Waals surface area contributed by atoms with Crippen LogP contribution in [0.25, 0.3) is 0 Å². The SMILES string of the molecule is CCCCC(=O)O[C@H](C)c1ccc(C)cc1C. The van der Waals surface area contributed by atoms with E-state index >= 15 is 0 Å². The van der Waals surface area contributed by atoms with Crippen molar-refractivity contribution >= 4 is 5.97 Å². The van der Waals surface area contributed by atoms with Gasteiger partial charge in [0.2, 0.25) is 0 Å². The fourth-order valence-corrected chi connectivity index (χ4v) is 1.92. The van der Waals surface area contributed by atoms with Crippen LogP contribution in [0, 0.1) is 13.8 Å². The van der Waals surface area contributed by atoms with Gasteiger partial charge in [0, 0.05) is 6.42 Å². The number of unbranched alkanes of at least 4 members (excludes halogenated alkanes) is 1. The van der Waals surface area contributed by atoms with Gasteiger partial charge in [-0.2, -0.15) is 0 Å². The number of carbonyl (C=O) groups is 1. The minimum atomic E-state index is -0.153. The first kappa shape index (κ1) is 13.8. The number of esters is 1. The molecule has 0 aliphatic rings. The molecule has 0 bridgehead atoms. The van der Waals surface area contributed by atoms with Gasteiger partial charge < -0.3 is 4.74 Å². The Balaban J connectivity index is 2.63. The minimum absolute atomic E-state index is 0.0978. The molecule has 1 aromatic carbocycles. The van der Waals surface area contributed by atoms with Crippen LogP contribution in [0.15, 0.2) is 18.2 Å². The summed E-state index contributed by atoms with van der Waals surface area (Å²) in [6, 6.07) is 6.22. The van der Waals surface area contributed by atoms with Gasteiger partial charge in [0.05, 0.1) is 0 Å². The molecule has 0 aromatic heterocycles. The van der Waals surface area contributed by atoms with Crippen LogP contribution in [0.1, 0.15) is 55.9 Å². The first-order valence-corrected chi connectivity index (χ1v) is 6.31. The molecular formula is C15H22O2. The van der Waals surface area contributed by atoms with E-state index in [1.165, 1.54) is 11.1 Å². The van der Waals surface area contributed by atoms with Crippen LogP contribution in [0.3, 0.4) is 0 Å². The molecule has 2 nitrogen and oxygen atoms in total. The topological polar surface area (TPSA) is 26.3 Å². The first-order valence-electron chi connectivity index (χ1n) is 6.31. The highest BCUT2D eigenvalue weighted by Crippen LogP contribution is 2.22. The van der Waals surface area contributed by atoms with Crippen molar-refractivity contribution in [3.05, 3.63) is 34.9 Å². The van der Waals surface area contributed by atoms with Crippen LogP contribution >= 0.6 is 0 Å². The van der Waals surface area contributed by atoms with Crippen molar-refractivity contribution in [1.82, 2.24) is 0 Å². The largest absolute Gasteiger partial charge is 0.458 e. The van der Waals surface area contributed by atoms with Crippen LogP contribution < -0.4 is 0 Å². The molecule has 0 N–H and O–H groups in total. The van der Waals surface area contributed by atoms with E-state index in [9.17, 15) is 4.79 Å². The number of rotatable bonds is 5. The predicted octanol–water partition coefficient (Wildman–Crippen LogP) is 4.10. The van der Waals surface area contributed by atoms with E-state index in [1.807, 2.05) is 13.0 Å². The van der Waals surface area contributed by atoms with E-state index in [0.29, 0.717) is 6.42 Å². The molecule has 0 aliphatic carbocycles. The molecule has 0 heterocycles. The zero-order chi connectivity index (χ0) is 12.8. The molecule has 0 amide bonds. The van der Waals surface area contributed by atoms with E-state index in [4.69, 9.17) is 4.74 Å². The highest BCUT2D eigenvalue weighted by Gasteiger charge is 2.13. The third kappa shape index (κ3) is 4.22. The molecular weight excluding hydrogens is 212 g/mol. The third-order valence-electron chi connectivity index (χ3n) is 2.91. The Morgan fingerprint density at radius 2 is 2.06 bits per heavy atom. The molecule has 0 aliphatic heterocycles. The van der Waals surface area contributed by atoms with E-state index in [-0.39, 0.29) is 12.1 Å². The Kier molecular flexibility index (Phi) is 5.20. The van der Waals surface area contributed by atoms with Crippen molar-refractivity contribution in [2.75, 3.05) is 0 Å². The number of aryl methyl sites for hydroxylation is 2. The summed E-state index contributed by atoms with van der Waals surface area (Å²) in [5.41, 5.74) is 3.51. The molecule has 2 heteroatoms. The summed E-state index contributed by atoms with van der Waals surface area (Å²) in [6.45, 7) is 8.12. The Morgan fingerprint density at radius 3 is 2.65 bits per heavy atom. The molecule has 0 spiro atoms. The maximum atomic E-state index is 11.5. The van der Waals surface area contributed by atoms with Crippen molar-refractivity contribution in [3.8, 4) is 0 Å². The average Bonchev–Trinajstić information content (AvgIpc) is 2.26. The van der Waals surface area contributed by atoms with Crippen LogP contribution in [0.4, 0.5) is 0 Å². The number of hydrogen-bond acceptors (Lipinski definition) is 2. The summed E-state index contributed by atoms with van der Waals surface area (Å²) in [4.78, 5) is 11.5. The van der Waals surface area contributed by atoms with Gasteiger partial charge in [-0.1, -0.05) is 37.1 Å². The molecule has 0 radical (unpaired) electrons. The second-order valence-corrected chi connectivity index (χ2v) is 4.60. The van der Waals surface area contributed by atoms with Gasteiger partial charge in [-0.05, 0) is 38.3 Å². The lowest BCUT2D eigenvalue weighted by atomic mass is 10.0. The minimum Gasteiger partial charge on any atom is -0.458 e. The number of benzene rings is 1. The van der Waals surface area contributed by atoms with Gasteiger partial charge in [-0.3, -0.25) is 4.79 Å². The van der Waals surface area contributed by atoms with Gasteiger partial charge in [0.15, 0.2) is 0 Å². The van der Waals surface area contributed by atoms with Crippen LogP contribution in [0.2, 0.25) is 0 Å². The smallest absolute Gasteiger partial charge is 0.306 e. The first-order chi connectivity index (χ1) is 8.04. The zero-order valence-electron chi connectivity index (χ0n) is 11.2. The number of carbonyl (C=O) groups excluding carboxylic acids is 1. The lowest BCUT2D eigenvalue weighted by molar-refractivity contribution is -0.148. The monoisotopic (exact) mass is 234 g/mol. The van der Waals surface area contributed by atoms with Crippen LogP contribution in [0.5, 0.6) is 0 Å². The lowest BCUT2D eigenvalue weighted by Crippen LogP contribution is -2.09. The Morgan fingerprint density at radius 1 is 1.35 bits per heavy atom. The summed E-state index contributed by atoms with van der Waals surface area (Å²) in [7, 11) is 0. The quantitative estimate of drug-likeness (QED) is 0.717. The summed E-state index contributed by atoms with van der Waals surface area (Å²) >= 11 is 0.